The van der Waals surface area contributed by atoms with E-state index >= 15 is 0 Å². The van der Waals surface area contributed by atoms with Crippen LogP contribution >= 0.6 is 0 Å². The maximum Gasteiger partial charge on any atom is 1.00 e. The number of rotatable bonds is 4. The Labute approximate surface area is 250 Å². The topological polar surface area (TPSA) is 241 Å². The van der Waals surface area contributed by atoms with Crippen LogP contribution in [0.3, 0.4) is 0 Å². The minimum atomic E-state index is -1.44. The Bertz CT molecular complexity index is 317. The van der Waals surface area contributed by atoms with Gasteiger partial charge in [-0.15, -0.1) is 0 Å². The zero-order chi connectivity index (χ0) is 20.6. The second kappa shape index (κ2) is 33.4. The van der Waals surface area contributed by atoms with Crippen LogP contribution in [0.2, 0.25) is 0 Å². The first kappa shape index (κ1) is 52.0. The molecule has 0 aromatic carbocycles. The summed E-state index contributed by atoms with van der Waals surface area (Å²) in [6.07, 6.45) is -5.37. The van der Waals surface area contributed by atoms with E-state index in [4.69, 9.17) is 20.4 Å². The quantitative estimate of drug-likeness (QED) is 0.293. The van der Waals surface area contributed by atoms with Gasteiger partial charge in [0.15, 0.2) is 0 Å². The maximum atomic E-state index is 9.34. The first-order valence-electron chi connectivity index (χ1n) is 6.13. The van der Waals surface area contributed by atoms with Crippen molar-refractivity contribution in [2.75, 3.05) is 0 Å². The van der Waals surface area contributed by atoms with Crippen molar-refractivity contribution >= 4 is 23.9 Å². The van der Waals surface area contributed by atoms with Gasteiger partial charge in [0.1, 0.15) is 0 Å². The average molecular weight is 448 g/mol. The van der Waals surface area contributed by atoms with Gasteiger partial charge in [0.2, 0.25) is 0 Å². The van der Waals surface area contributed by atoms with Crippen molar-refractivity contribution in [2.45, 2.75) is 52.1 Å². The summed E-state index contributed by atoms with van der Waals surface area (Å²) in [6, 6.07) is 0. The van der Waals surface area contributed by atoms with Crippen LogP contribution in [0.25, 0.3) is 0 Å². The van der Waals surface area contributed by atoms with Crippen molar-refractivity contribution in [3.05, 3.63) is 0 Å². The van der Waals surface area contributed by atoms with E-state index in [-0.39, 0.29) is 118 Å². The van der Waals surface area contributed by atoms with E-state index < -0.39 is 48.3 Å². The number of hydrogen-bond acceptors (Lipinski definition) is 12. The minimum absolute atomic E-state index is 0. The number of carbonyl (C=O) groups is 4. The third-order valence-corrected chi connectivity index (χ3v) is 1.36. The van der Waals surface area contributed by atoms with E-state index in [1.807, 2.05) is 0 Å². The number of hydrogen-bond donors (Lipinski definition) is 4. The molecule has 0 aromatic heterocycles. The summed E-state index contributed by atoms with van der Waals surface area (Å²) < 4.78 is 0. The van der Waals surface area contributed by atoms with E-state index in [1.54, 1.807) is 0 Å². The Morgan fingerprint density at radius 2 is 0.500 bits per heavy atom. The predicted octanol–water partition coefficient (Wildman–Crippen LogP) is -19.5. The molecule has 144 valence electrons. The van der Waals surface area contributed by atoms with Crippen LogP contribution < -0.4 is 139 Å². The van der Waals surface area contributed by atoms with Crippen LogP contribution in [-0.4, -0.2) is 68.7 Å². The second-order valence-corrected chi connectivity index (χ2v) is 3.98. The second-order valence-electron chi connectivity index (χ2n) is 3.98. The SMILES string of the molecule is CC(O)C(=O)[O-].CC(O)C(=O)[O-].CC(O)C(=O)[O-].CC(O)C(=O)[O-].[Na+].[Na+].[Na+].[Na+]. The van der Waals surface area contributed by atoms with Crippen LogP contribution in [-0.2, 0) is 19.2 Å². The average Bonchev–Trinajstić information content (AvgIpc) is 2.40. The summed E-state index contributed by atoms with van der Waals surface area (Å²) in [5.41, 5.74) is 0. The summed E-state index contributed by atoms with van der Waals surface area (Å²) in [5, 5.41) is 69.2. The predicted molar refractivity (Wildman–Crippen MR) is 66.8 cm³/mol. The number of aliphatic hydroxyl groups is 4. The Morgan fingerprint density at radius 3 is 0.500 bits per heavy atom. The molecular weight excluding hydrogens is 428 g/mol. The molecule has 0 spiro atoms. The van der Waals surface area contributed by atoms with Crippen molar-refractivity contribution in [1.29, 1.82) is 0 Å². The molecule has 0 aromatic rings. The molecule has 0 aliphatic carbocycles. The Morgan fingerprint density at radius 1 is 0.464 bits per heavy atom. The molecule has 0 amide bonds. The molecule has 12 nitrogen and oxygen atoms in total. The van der Waals surface area contributed by atoms with Crippen LogP contribution in [0.1, 0.15) is 27.7 Å². The summed E-state index contributed by atoms with van der Waals surface area (Å²) in [7, 11) is 0. The molecule has 4 unspecified atom stereocenters. The van der Waals surface area contributed by atoms with Crippen molar-refractivity contribution in [2.24, 2.45) is 0 Å². The number of aliphatic carboxylic acids is 4. The molecule has 0 radical (unpaired) electrons. The summed E-state index contributed by atoms with van der Waals surface area (Å²) in [4.78, 5) is 37.4. The third kappa shape index (κ3) is 63.0. The van der Waals surface area contributed by atoms with E-state index in [9.17, 15) is 39.6 Å². The molecule has 0 saturated carbocycles. The van der Waals surface area contributed by atoms with Gasteiger partial charge in [-0.25, -0.2) is 0 Å². The zero-order valence-corrected chi connectivity index (χ0v) is 25.4. The van der Waals surface area contributed by atoms with Gasteiger partial charge < -0.3 is 60.0 Å². The molecule has 4 atom stereocenters. The van der Waals surface area contributed by atoms with Gasteiger partial charge in [-0.3, -0.25) is 0 Å². The van der Waals surface area contributed by atoms with Crippen LogP contribution in [0.15, 0.2) is 0 Å². The Hall–Kier alpha value is 1.72. The fourth-order valence-corrected chi connectivity index (χ4v) is 0. The fraction of sp³-hybridized carbons (Fsp3) is 0.667. The smallest absolute Gasteiger partial charge is 0.547 e. The first-order chi connectivity index (χ1) is 10.6. The molecule has 0 saturated heterocycles. The fourth-order valence-electron chi connectivity index (χ4n) is 0. The van der Waals surface area contributed by atoms with E-state index in [0.29, 0.717) is 0 Å². The first-order valence-corrected chi connectivity index (χ1v) is 6.13. The molecule has 0 fully saturated rings. The number of aliphatic hydroxyl groups excluding tert-OH is 4. The largest absolute Gasteiger partial charge is 1.00 e. The van der Waals surface area contributed by atoms with Crippen molar-refractivity contribution < 1.29 is 178 Å². The van der Waals surface area contributed by atoms with E-state index in [0.717, 1.165) is 27.7 Å². The van der Waals surface area contributed by atoms with Crippen LogP contribution in [0, 0.1) is 0 Å². The summed E-state index contributed by atoms with van der Waals surface area (Å²) in [5.74, 6) is -5.74. The standard InChI is InChI=1S/4C3H6O3.4Na/c4*1-2(4)3(5)6;;;;/h4*2,4H,1H3,(H,5,6);;;;/q;;;;4*+1/p-4. The van der Waals surface area contributed by atoms with Crippen molar-refractivity contribution in [1.82, 2.24) is 0 Å². The monoisotopic (exact) mass is 448 g/mol. The van der Waals surface area contributed by atoms with E-state index in [2.05, 4.69) is 0 Å². The summed E-state index contributed by atoms with van der Waals surface area (Å²) >= 11 is 0. The summed E-state index contributed by atoms with van der Waals surface area (Å²) in [6.45, 7) is 4.54. The van der Waals surface area contributed by atoms with Gasteiger partial charge in [-0.2, -0.15) is 0 Å². The van der Waals surface area contributed by atoms with Gasteiger partial charge in [0.05, 0.1) is 48.3 Å². The van der Waals surface area contributed by atoms with Gasteiger partial charge in [-0.1, -0.05) is 0 Å². The number of carboxylic acid groups (broad SMARTS) is 4. The normalized spacial score (nSPS) is 11.7. The van der Waals surface area contributed by atoms with E-state index in [1.165, 1.54) is 0 Å². The van der Waals surface area contributed by atoms with Crippen LogP contribution in [0.5, 0.6) is 0 Å². The number of carbonyl (C=O) groups excluding carboxylic acids is 4. The molecule has 0 aliphatic rings. The van der Waals surface area contributed by atoms with Crippen molar-refractivity contribution in [3.8, 4) is 0 Å². The Balaban J connectivity index is -0.0000000303. The molecule has 0 bridgehead atoms. The molecular formula is C12H20Na4O12. The molecule has 0 heterocycles. The molecule has 28 heavy (non-hydrogen) atoms. The van der Waals surface area contributed by atoms with Gasteiger partial charge in [0, 0.05) is 0 Å². The third-order valence-electron chi connectivity index (χ3n) is 1.36. The van der Waals surface area contributed by atoms with Crippen molar-refractivity contribution in [3.63, 3.8) is 0 Å². The molecule has 4 N–H and O–H groups in total. The number of carboxylic acids is 4. The zero-order valence-electron chi connectivity index (χ0n) is 17.4. The Kier molecular flexibility index (Phi) is 61.9. The minimum Gasteiger partial charge on any atom is -0.547 e. The molecule has 16 heteroatoms. The van der Waals surface area contributed by atoms with Gasteiger partial charge in [-0.05, 0) is 27.7 Å². The van der Waals surface area contributed by atoms with Gasteiger partial charge in [0.25, 0.3) is 0 Å². The maximum absolute atomic E-state index is 9.34. The molecule has 0 aliphatic heterocycles. The molecule has 0 rings (SSSR count). The van der Waals surface area contributed by atoms with Crippen LogP contribution in [0.4, 0.5) is 0 Å². The van der Waals surface area contributed by atoms with Gasteiger partial charge >= 0.3 is 118 Å².